The van der Waals surface area contributed by atoms with Crippen LogP contribution in [0.2, 0.25) is 0 Å². The van der Waals surface area contributed by atoms with Gasteiger partial charge < -0.3 is 9.15 Å². The highest BCUT2D eigenvalue weighted by Gasteiger charge is 2.53. The fourth-order valence-electron chi connectivity index (χ4n) is 3.87. The van der Waals surface area contributed by atoms with Crippen LogP contribution in [0.15, 0.2) is 22.3 Å². The van der Waals surface area contributed by atoms with Gasteiger partial charge in [0.25, 0.3) is 0 Å². The molecule has 0 spiro atoms. The van der Waals surface area contributed by atoms with Gasteiger partial charge in [-0.3, -0.25) is 4.79 Å². The van der Waals surface area contributed by atoms with Gasteiger partial charge in [0.1, 0.15) is 0 Å². The molecule has 3 nitrogen and oxygen atoms in total. The van der Waals surface area contributed by atoms with Gasteiger partial charge in [-0.2, -0.15) is 0 Å². The Morgan fingerprint density at radius 2 is 2.24 bits per heavy atom. The van der Waals surface area contributed by atoms with Crippen LogP contribution in [0.25, 0.3) is 0 Å². The molecule has 2 aliphatic carbocycles. The summed E-state index contributed by atoms with van der Waals surface area (Å²) < 4.78 is 11.8. The minimum atomic E-state index is -0.244. The molecule has 1 heterocycles. The lowest BCUT2D eigenvalue weighted by atomic mass is 9.58. The van der Waals surface area contributed by atoms with E-state index in [0.717, 1.165) is 36.0 Å². The monoisotopic (exact) mass is 288 g/mol. The summed E-state index contributed by atoms with van der Waals surface area (Å²) in [7, 11) is 0. The summed E-state index contributed by atoms with van der Waals surface area (Å²) in [6, 6.07) is 0. The molecule has 3 rings (SSSR count). The number of Topliss-reactive ketones (excluding diaryl/α,β-unsaturated/α-hetero) is 1. The summed E-state index contributed by atoms with van der Waals surface area (Å²) in [6.45, 7) is 9.25. The van der Waals surface area contributed by atoms with Crippen LogP contribution in [0, 0.1) is 18.3 Å². The second kappa shape index (κ2) is 5.13. The number of carbonyl (C=O) groups is 1. The zero-order valence-electron chi connectivity index (χ0n) is 13.4. The van der Waals surface area contributed by atoms with Crippen LogP contribution in [-0.2, 0) is 4.74 Å². The standard InChI is InChI=1S/C18H24O3/c1-5-9-20-17-14-11(2)10-21-16(14)15(19)13-8-6-7-12(3)18(13,17)4/h8,10,12,17H,5-7,9H2,1-4H3/t12-,17+,18+/m0/s1. The van der Waals surface area contributed by atoms with E-state index in [1.165, 1.54) is 0 Å². The number of allylic oxidation sites excluding steroid dienone is 1. The van der Waals surface area contributed by atoms with Crippen molar-refractivity contribution in [2.75, 3.05) is 6.61 Å². The number of hydrogen-bond donors (Lipinski definition) is 0. The minimum absolute atomic E-state index is 0.0588. The maximum Gasteiger partial charge on any atom is 0.224 e. The van der Waals surface area contributed by atoms with Gasteiger partial charge in [0.15, 0.2) is 5.76 Å². The topological polar surface area (TPSA) is 39.4 Å². The molecular weight excluding hydrogens is 264 g/mol. The van der Waals surface area contributed by atoms with Gasteiger partial charge in [-0.05, 0) is 37.7 Å². The highest BCUT2D eigenvalue weighted by Crippen LogP contribution is 2.57. The minimum Gasteiger partial charge on any atom is -0.460 e. The summed E-state index contributed by atoms with van der Waals surface area (Å²) in [6.07, 6.45) is 6.76. The van der Waals surface area contributed by atoms with Gasteiger partial charge in [0.2, 0.25) is 5.78 Å². The van der Waals surface area contributed by atoms with E-state index in [0.29, 0.717) is 18.3 Å². The Balaban J connectivity index is 2.19. The third-order valence-electron chi connectivity index (χ3n) is 5.32. The molecule has 114 valence electrons. The first-order valence-corrected chi connectivity index (χ1v) is 7.96. The van der Waals surface area contributed by atoms with Gasteiger partial charge in [-0.1, -0.05) is 26.8 Å². The number of rotatable bonds is 3. The first kappa shape index (κ1) is 14.6. The molecule has 0 amide bonds. The van der Waals surface area contributed by atoms with E-state index in [1.54, 1.807) is 6.26 Å². The van der Waals surface area contributed by atoms with E-state index in [4.69, 9.17) is 9.15 Å². The Kier molecular flexibility index (Phi) is 3.56. The molecule has 2 aliphatic rings. The predicted molar refractivity (Wildman–Crippen MR) is 81.3 cm³/mol. The van der Waals surface area contributed by atoms with Crippen molar-refractivity contribution in [2.24, 2.45) is 11.3 Å². The number of carbonyl (C=O) groups excluding carboxylic acids is 1. The number of ketones is 1. The average Bonchev–Trinajstić information content (AvgIpc) is 2.83. The van der Waals surface area contributed by atoms with Crippen molar-refractivity contribution in [3.8, 4) is 0 Å². The van der Waals surface area contributed by atoms with E-state index in [9.17, 15) is 4.79 Å². The molecule has 0 fully saturated rings. The van der Waals surface area contributed by atoms with Crippen LogP contribution in [-0.4, -0.2) is 12.4 Å². The Hall–Kier alpha value is -1.35. The van der Waals surface area contributed by atoms with Crippen LogP contribution in [0.5, 0.6) is 0 Å². The van der Waals surface area contributed by atoms with Crippen LogP contribution < -0.4 is 0 Å². The first-order valence-electron chi connectivity index (χ1n) is 7.96. The second-order valence-electron chi connectivity index (χ2n) is 6.62. The first-order chi connectivity index (χ1) is 10.0. The third kappa shape index (κ3) is 1.94. The zero-order chi connectivity index (χ0) is 15.2. The number of fused-ring (bicyclic) bond motifs is 2. The van der Waals surface area contributed by atoms with Gasteiger partial charge in [0, 0.05) is 23.2 Å². The maximum atomic E-state index is 12.8. The number of hydrogen-bond acceptors (Lipinski definition) is 3. The molecule has 0 saturated heterocycles. The van der Waals surface area contributed by atoms with E-state index in [1.807, 2.05) is 6.92 Å². The molecule has 0 bridgehead atoms. The summed E-state index contributed by atoms with van der Waals surface area (Å²) in [5.74, 6) is 0.973. The normalized spacial score (nSPS) is 31.6. The molecule has 0 unspecified atom stereocenters. The van der Waals surface area contributed by atoms with Crippen molar-refractivity contribution in [3.05, 3.63) is 34.8 Å². The largest absolute Gasteiger partial charge is 0.460 e. The molecule has 3 atom stereocenters. The van der Waals surface area contributed by atoms with Crippen LogP contribution in [0.3, 0.4) is 0 Å². The quantitative estimate of drug-likeness (QED) is 0.815. The van der Waals surface area contributed by atoms with E-state index < -0.39 is 0 Å². The van der Waals surface area contributed by atoms with Crippen molar-refractivity contribution < 1.29 is 13.9 Å². The average molecular weight is 288 g/mol. The highest BCUT2D eigenvalue weighted by atomic mass is 16.5. The van der Waals surface area contributed by atoms with E-state index >= 15 is 0 Å². The summed E-state index contributed by atoms with van der Waals surface area (Å²) in [4.78, 5) is 12.8. The summed E-state index contributed by atoms with van der Waals surface area (Å²) in [5, 5.41) is 0. The number of aryl methyl sites for hydroxylation is 1. The van der Waals surface area contributed by atoms with Crippen LogP contribution >= 0.6 is 0 Å². The van der Waals surface area contributed by atoms with Gasteiger partial charge in [-0.15, -0.1) is 0 Å². The molecule has 0 N–H and O–H groups in total. The van der Waals surface area contributed by atoms with Crippen molar-refractivity contribution in [1.82, 2.24) is 0 Å². The van der Waals surface area contributed by atoms with Crippen molar-refractivity contribution >= 4 is 5.78 Å². The summed E-state index contributed by atoms with van der Waals surface area (Å²) in [5.41, 5.74) is 2.65. The molecule has 1 aromatic rings. The summed E-state index contributed by atoms with van der Waals surface area (Å²) >= 11 is 0. The molecular formula is C18H24O3. The van der Waals surface area contributed by atoms with E-state index in [-0.39, 0.29) is 17.3 Å². The molecule has 3 heteroatoms. The van der Waals surface area contributed by atoms with Crippen molar-refractivity contribution in [1.29, 1.82) is 0 Å². The fraction of sp³-hybridized carbons (Fsp3) is 0.611. The van der Waals surface area contributed by atoms with Gasteiger partial charge in [-0.25, -0.2) is 0 Å². The Morgan fingerprint density at radius 3 is 2.95 bits per heavy atom. The Bertz CT molecular complexity index is 596. The highest BCUT2D eigenvalue weighted by molar-refractivity contribution is 6.10. The fourth-order valence-corrected chi connectivity index (χ4v) is 3.87. The van der Waals surface area contributed by atoms with Crippen LogP contribution in [0.4, 0.5) is 0 Å². The number of furan rings is 1. The molecule has 21 heavy (non-hydrogen) atoms. The van der Waals surface area contributed by atoms with Crippen molar-refractivity contribution in [3.63, 3.8) is 0 Å². The lowest BCUT2D eigenvalue weighted by Crippen LogP contribution is -2.44. The van der Waals surface area contributed by atoms with Crippen LogP contribution in [0.1, 0.15) is 67.8 Å². The lowest BCUT2D eigenvalue weighted by molar-refractivity contribution is -0.0506. The van der Waals surface area contributed by atoms with Gasteiger partial charge in [0.05, 0.1) is 12.4 Å². The zero-order valence-corrected chi connectivity index (χ0v) is 13.4. The molecule has 0 aromatic carbocycles. The van der Waals surface area contributed by atoms with Gasteiger partial charge >= 0.3 is 0 Å². The smallest absolute Gasteiger partial charge is 0.224 e. The lowest BCUT2D eigenvalue weighted by Gasteiger charge is -2.48. The number of ether oxygens (including phenoxy) is 1. The SMILES string of the molecule is CCCO[C@@H]1c2c(C)coc2C(=O)C2=CCC[C@H](C)[C@]21C. The third-order valence-corrected chi connectivity index (χ3v) is 5.32. The molecule has 1 aromatic heterocycles. The van der Waals surface area contributed by atoms with Crippen molar-refractivity contribution in [2.45, 2.75) is 53.1 Å². The molecule has 0 saturated carbocycles. The van der Waals surface area contributed by atoms with E-state index in [2.05, 4.69) is 26.8 Å². The predicted octanol–water partition coefficient (Wildman–Crippen LogP) is 4.61. The second-order valence-corrected chi connectivity index (χ2v) is 6.62. The molecule has 0 aliphatic heterocycles. The Morgan fingerprint density at radius 1 is 1.48 bits per heavy atom. The molecule has 0 radical (unpaired) electrons. The Labute approximate surface area is 126 Å². The maximum absolute atomic E-state index is 12.8.